The summed E-state index contributed by atoms with van der Waals surface area (Å²) in [6.45, 7) is 4.88. The number of hydrogen-bond donors (Lipinski definition) is 1. The number of methoxy groups -OCH3 is 2. The van der Waals surface area contributed by atoms with E-state index in [1.54, 1.807) is 14.2 Å². The van der Waals surface area contributed by atoms with Gasteiger partial charge in [0.15, 0.2) is 0 Å². The molecule has 5 nitrogen and oxygen atoms in total. The smallest absolute Gasteiger partial charge is 0.139 e. The minimum absolute atomic E-state index is 0.136. The van der Waals surface area contributed by atoms with Crippen molar-refractivity contribution in [3.05, 3.63) is 59.5 Å². The molecule has 5 heteroatoms. The lowest BCUT2D eigenvalue weighted by Gasteiger charge is -2.17. The summed E-state index contributed by atoms with van der Waals surface area (Å²) in [6, 6.07) is 10.1. The molecule has 0 aliphatic carbocycles. The van der Waals surface area contributed by atoms with Crippen molar-refractivity contribution in [1.29, 1.82) is 0 Å². The predicted molar refractivity (Wildman–Crippen MR) is 94.7 cm³/mol. The van der Waals surface area contributed by atoms with Gasteiger partial charge in [-0.25, -0.2) is 4.98 Å². The number of ether oxygens (including phenoxy) is 2. The molecule has 0 aliphatic heterocycles. The highest BCUT2D eigenvalue weighted by atomic mass is 16.5. The van der Waals surface area contributed by atoms with Crippen LogP contribution in [-0.2, 0) is 6.54 Å². The third-order valence-corrected chi connectivity index (χ3v) is 4.22. The fourth-order valence-corrected chi connectivity index (χ4v) is 2.83. The van der Waals surface area contributed by atoms with Gasteiger partial charge < -0.3 is 19.2 Å². The first-order valence-electron chi connectivity index (χ1n) is 8.01. The molecule has 3 rings (SSSR count). The number of fused-ring (bicyclic) bond motifs is 1. The molecule has 3 aromatic rings. The van der Waals surface area contributed by atoms with Gasteiger partial charge in [0.25, 0.3) is 0 Å². The van der Waals surface area contributed by atoms with Gasteiger partial charge in [-0.05, 0) is 31.5 Å². The molecule has 0 aliphatic rings. The third-order valence-electron chi connectivity index (χ3n) is 4.22. The van der Waals surface area contributed by atoms with Crippen LogP contribution in [-0.4, -0.2) is 23.6 Å². The summed E-state index contributed by atoms with van der Waals surface area (Å²) in [5, 5.41) is 3.51. The average molecular weight is 325 g/mol. The number of rotatable bonds is 6. The van der Waals surface area contributed by atoms with E-state index in [1.807, 2.05) is 30.5 Å². The zero-order valence-corrected chi connectivity index (χ0v) is 14.5. The van der Waals surface area contributed by atoms with Crippen LogP contribution in [0.4, 0.5) is 0 Å². The highest BCUT2D eigenvalue weighted by molar-refractivity contribution is 5.48. The molecule has 24 heavy (non-hydrogen) atoms. The van der Waals surface area contributed by atoms with Crippen LogP contribution in [0.2, 0.25) is 0 Å². The molecule has 1 atom stereocenters. The molecule has 1 aromatic carbocycles. The second kappa shape index (κ2) is 6.93. The first-order valence-corrected chi connectivity index (χ1v) is 8.01. The van der Waals surface area contributed by atoms with E-state index < -0.39 is 0 Å². The Kier molecular flexibility index (Phi) is 4.71. The quantitative estimate of drug-likeness (QED) is 0.753. The van der Waals surface area contributed by atoms with Crippen LogP contribution in [0.15, 0.2) is 42.7 Å². The van der Waals surface area contributed by atoms with Crippen LogP contribution in [0.3, 0.4) is 0 Å². The third kappa shape index (κ3) is 3.21. The Morgan fingerprint density at radius 3 is 2.75 bits per heavy atom. The number of aromatic nitrogens is 2. The Morgan fingerprint density at radius 2 is 2.04 bits per heavy atom. The van der Waals surface area contributed by atoms with E-state index in [2.05, 4.69) is 35.8 Å². The molecule has 126 valence electrons. The number of aryl methyl sites for hydroxylation is 1. The second-order valence-corrected chi connectivity index (χ2v) is 5.86. The van der Waals surface area contributed by atoms with Gasteiger partial charge >= 0.3 is 0 Å². The van der Waals surface area contributed by atoms with Crippen LogP contribution >= 0.6 is 0 Å². The zero-order chi connectivity index (χ0) is 17.1. The number of benzene rings is 1. The lowest BCUT2D eigenvalue weighted by atomic mass is 10.1. The van der Waals surface area contributed by atoms with Crippen molar-refractivity contribution < 1.29 is 9.47 Å². The fraction of sp³-hybridized carbons (Fsp3) is 0.316. The molecule has 0 saturated heterocycles. The largest absolute Gasteiger partial charge is 0.497 e. The maximum absolute atomic E-state index is 5.49. The van der Waals surface area contributed by atoms with Gasteiger partial charge in [0, 0.05) is 36.6 Å². The van der Waals surface area contributed by atoms with E-state index in [0.717, 1.165) is 28.4 Å². The van der Waals surface area contributed by atoms with Gasteiger partial charge in [0.1, 0.15) is 17.1 Å². The van der Waals surface area contributed by atoms with E-state index in [1.165, 1.54) is 5.56 Å². The Morgan fingerprint density at radius 1 is 1.21 bits per heavy atom. The first-order chi connectivity index (χ1) is 11.6. The Bertz CT molecular complexity index is 842. The number of nitrogens with one attached hydrogen (secondary N) is 1. The first kappa shape index (κ1) is 16.3. The molecule has 0 radical (unpaired) electrons. The van der Waals surface area contributed by atoms with Gasteiger partial charge in [-0.2, -0.15) is 0 Å². The number of pyridine rings is 1. The second-order valence-electron chi connectivity index (χ2n) is 5.86. The number of hydrogen-bond acceptors (Lipinski definition) is 4. The lowest BCUT2D eigenvalue weighted by molar-refractivity contribution is 0.385. The van der Waals surface area contributed by atoms with Crippen molar-refractivity contribution in [3.8, 4) is 11.5 Å². The average Bonchev–Trinajstić information content (AvgIpc) is 3.03. The highest BCUT2D eigenvalue weighted by Gasteiger charge is 2.13. The van der Waals surface area contributed by atoms with Crippen molar-refractivity contribution in [2.45, 2.75) is 26.4 Å². The molecule has 0 bridgehead atoms. The molecule has 2 heterocycles. The number of nitrogens with zero attached hydrogens (tertiary/aromatic N) is 2. The molecule has 0 spiro atoms. The standard InChI is InChI=1S/C19H23N3O2/c1-13-6-5-9-22-12-15(21-19(13)22)11-20-14(2)17-8-7-16(23-3)10-18(17)24-4/h5-10,12,14,20H,11H2,1-4H3/t14-/m0/s1. The van der Waals surface area contributed by atoms with E-state index >= 15 is 0 Å². The maximum Gasteiger partial charge on any atom is 0.139 e. The van der Waals surface area contributed by atoms with Crippen molar-refractivity contribution >= 4 is 5.65 Å². The van der Waals surface area contributed by atoms with Crippen LogP contribution in [0.1, 0.15) is 29.8 Å². The van der Waals surface area contributed by atoms with Crippen LogP contribution in [0.5, 0.6) is 11.5 Å². The molecule has 0 saturated carbocycles. The molecular weight excluding hydrogens is 302 g/mol. The van der Waals surface area contributed by atoms with E-state index in [4.69, 9.17) is 14.5 Å². The molecule has 0 unspecified atom stereocenters. The van der Waals surface area contributed by atoms with Gasteiger partial charge in [0.2, 0.25) is 0 Å². The highest BCUT2D eigenvalue weighted by Crippen LogP contribution is 2.29. The molecular formula is C19H23N3O2. The number of imidazole rings is 1. The minimum Gasteiger partial charge on any atom is -0.497 e. The van der Waals surface area contributed by atoms with E-state index in [0.29, 0.717) is 6.54 Å². The van der Waals surface area contributed by atoms with Gasteiger partial charge in [0.05, 0.1) is 19.9 Å². The van der Waals surface area contributed by atoms with E-state index in [-0.39, 0.29) is 6.04 Å². The molecule has 0 fully saturated rings. The maximum atomic E-state index is 5.49. The summed E-state index contributed by atoms with van der Waals surface area (Å²) in [7, 11) is 3.33. The van der Waals surface area contributed by atoms with Crippen LogP contribution in [0.25, 0.3) is 5.65 Å². The molecule has 1 N–H and O–H groups in total. The molecule has 2 aromatic heterocycles. The summed E-state index contributed by atoms with van der Waals surface area (Å²) in [5.74, 6) is 1.61. The van der Waals surface area contributed by atoms with Crippen LogP contribution in [0, 0.1) is 6.92 Å². The van der Waals surface area contributed by atoms with E-state index in [9.17, 15) is 0 Å². The summed E-state index contributed by atoms with van der Waals surface area (Å²) in [6.07, 6.45) is 4.09. The summed E-state index contributed by atoms with van der Waals surface area (Å²) in [4.78, 5) is 4.70. The zero-order valence-electron chi connectivity index (χ0n) is 14.5. The summed E-state index contributed by atoms with van der Waals surface area (Å²) in [5.41, 5.74) is 4.29. The monoisotopic (exact) mass is 325 g/mol. The normalized spacial score (nSPS) is 12.3. The van der Waals surface area contributed by atoms with Gasteiger partial charge in [-0.1, -0.05) is 12.1 Å². The van der Waals surface area contributed by atoms with Crippen LogP contribution < -0.4 is 14.8 Å². The summed E-state index contributed by atoms with van der Waals surface area (Å²) < 4.78 is 12.8. The predicted octanol–water partition coefficient (Wildman–Crippen LogP) is 3.51. The van der Waals surface area contributed by atoms with Crippen molar-refractivity contribution in [2.24, 2.45) is 0 Å². The van der Waals surface area contributed by atoms with Gasteiger partial charge in [-0.15, -0.1) is 0 Å². The van der Waals surface area contributed by atoms with Crippen molar-refractivity contribution in [2.75, 3.05) is 14.2 Å². The summed E-state index contributed by atoms with van der Waals surface area (Å²) >= 11 is 0. The fourth-order valence-electron chi connectivity index (χ4n) is 2.83. The minimum atomic E-state index is 0.136. The topological polar surface area (TPSA) is 47.8 Å². The lowest BCUT2D eigenvalue weighted by Crippen LogP contribution is -2.19. The Balaban J connectivity index is 1.74. The Labute approximate surface area is 142 Å². The van der Waals surface area contributed by atoms with Gasteiger partial charge in [-0.3, -0.25) is 0 Å². The van der Waals surface area contributed by atoms with Crippen molar-refractivity contribution in [3.63, 3.8) is 0 Å². The SMILES string of the molecule is COc1ccc([C@H](C)NCc2cn3cccc(C)c3n2)c(OC)c1. The Hall–Kier alpha value is -2.53. The van der Waals surface area contributed by atoms with Crippen molar-refractivity contribution in [1.82, 2.24) is 14.7 Å². The molecule has 0 amide bonds.